The molecule has 5 rings (SSSR count). The topological polar surface area (TPSA) is 90.3 Å². The maximum atomic E-state index is 13.7. The van der Waals surface area contributed by atoms with Crippen LogP contribution in [0.2, 0.25) is 5.02 Å². The number of ether oxygens (including phenoxy) is 4. The van der Waals surface area contributed by atoms with E-state index >= 15 is 0 Å². The Kier molecular flexibility index (Phi) is 12.9. The summed E-state index contributed by atoms with van der Waals surface area (Å²) in [5.74, 6) is 1.76. The number of nitrogens with one attached hydrogen (secondary N) is 1. The highest BCUT2D eigenvalue weighted by molar-refractivity contribution is 6.30. The molecule has 0 radical (unpaired) electrons. The molecule has 1 aromatic heterocycles. The number of alkyl halides is 3. The van der Waals surface area contributed by atoms with E-state index in [0.29, 0.717) is 40.3 Å². The van der Waals surface area contributed by atoms with E-state index in [4.69, 9.17) is 35.5 Å². The number of rotatable bonds is 16. The van der Waals surface area contributed by atoms with Crippen molar-refractivity contribution in [2.75, 3.05) is 73.1 Å². The summed E-state index contributed by atoms with van der Waals surface area (Å²) in [7, 11) is 6.35. The lowest BCUT2D eigenvalue weighted by atomic mass is 9.94. The minimum Gasteiger partial charge on any atom is -0.493 e. The number of carbonyl (C=O) groups is 1. The lowest BCUT2D eigenvalue weighted by molar-refractivity contribution is -0.174. The third-order valence-corrected chi connectivity index (χ3v) is 9.44. The summed E-state index contributed by atoms with van der Waals surface area (Å²) >= 11 is 6.22. The average Bonchev–Trinajstić information content (AvgIpc) is 3.47. The molecule has 3 aromatic carbocycles. The molecule has 1 amide bonds. The van der Waals surface area contributed by atoms with Gasteiger partial charge in [0.1, 0.15) is 6.61 Å². The van der Waals surface area contributed by atoms with E-state index in [9.17, 15) is 18.0 Å². The van der Waals surface area contributed by atoms with E-state index in [1.165, 1.54) is 21.3 Å². The number of piperidine rings is 1. The molecule has 0 aliphatic carbocycles. The summed E-state index contributed by atoms with van der Waals surface area (Å²) in [6.45, 7) is 1.93. The zero-order chi connectivity index (χ0) is 36.5. The fourth-order valence-corrected chi connectivity index (χ4v) is 6.64. The Labute approximate surface area is 301 Å². The van der Waals surface area contributed by atoms with Crippen LogP contribution in [-0.4, -0.2) is 105 Å². The number of likely N-dealkylation sites (tertiary alicyclic amines) is 1. The fraction of sp³-hybridized carbons (Fsp3) is 0.459. The van der Waals surface area contributed by atoms with Gasteiger partial charge in [0.25, 0.3) is 5.91 Å². The van der Waals surface area contributed by atoms with Gasteiger partial charge in [-0.2, -0.15) is 13.2 Å². The van der Waals surface area contributed by atoms with Crippen molar-refractivity contribution < 1.29 is 36.9 Å². The van der Waals surface area contributed by atoms with Crippen LogP contribution in [-0.2, 0) is 11.3 Å². The van der Waals surface area contributed by atoms with E-state index in [2.05, 4.69) is 10.2 Å². The molecule has 14 heteroatoms. The van der Waals surface area contributed by atoms with Gasteiger partial charge < -0.3 is 38.6 Å². The number of para-hydroxylation sites is 2. The van der Waals surface area contributed by atoms with Gasteiger partial charge in [-0.1, -0.05) is 35.9 Å². The van der Waals surface area contributed by atoms with E-state index in [0.717, 1.165) is 55.5 Å². The minimum atomic E-state index is -4.37. The van der Waals surface area contributed by atoms with Gasteiger partial charge in [0.15, 0.2) is 11.5 Å². The molecule has 0 bridgehead atoms. The predicted octanol–water partition coefficient (Wildman–Crippen LogP) is 7.12. The summed E-state index contributed by atoms with van der Waals surface area (Å²) in [4.78, 5) is 22.6. The summed E-state index contributed by atoms with van der Waals surface area (Å²) in [5, 5.41) is 4.20. The second-order valence-corrected chi connectivity index (χ2v) is 13.1. The van der Waals surface area contributed by atoms with Crippen molar-refractivity contribution in [2.24, 2.45) is 0 Å². The average molecular weight is 732 g/mol. The second kappa shape index (κ2) is 17.3. The highest BCUT2D eigenvalue weighted by Gasteiger charge is 2.28. The number of imidazole rings is 1. The number of hydrogen-bond donors (Lipinski definition) is 1. The highest BCUT2D eigenvalue weighted by atomic mass is 35.5. The van der Waals surface area contributed by atoms with E-state index in [-0.39, 0.29) is 31.0 Å². The molecule has 1 aliphatic rings. The summed E-state index contributed by atoms with van der Waals surface area (Å²) < 4.78 is 61.0. The Balaban J connectivity index is 1.20. The smallest absolute Gasteiger partial charge is 0.411 e. The summed E-state index contributed by atoms with van der Waals surface area (Å²) in [5.41, 5.74) is 3.14. The number of carbonyl (C=O) groups excluding carboxylic acids is 1. The fourth-order valence-electron chi connectivity index (χ4n) is 6.51. The third kappa shape index (κ3) is 9.99. The Bertz CT molecular complexity index is 1720. The number of nitrogens with zero attached hydrogens (tertiary/aromatic N) is 4. The lowest BCUT2D eigenvalue weighted by Crippen LogP contribution is -2.40. The molecule has 1 N–H and O–H groups in total. The van der Waals surface area contributed by atoms with Crippen LogP contribution in [0, 0.1) is 0 Å². The molecule has 10 nitrogen and oxygen atoms in total. The molecule has 0 saturated carbocycles. The number of methoxy groups -OCH3 is 3. The monoisotopic (exact) mass is 731 g/mol. The number of likely N-dealkylation sites (N-methyl/N-ethyl adjacent to an activating group) is 1. The molecular weight excluding hydrogens is 687 g/mol. The quantitative estimate of drug-likeness (QED) is 0.122. The van der Waals surface area contributed by atoms with Crippen molar-refractivity contribution in [1.82, 2.24) is 19.4 Å². The molecule has 1 fully saturated rings. The van der Waals surface area contributed by atoms with Gasteiger partial charge in [-0.25, -0.2) is 4.98 Å². The van der Waals surface area contributed by atoms with Gasteiger partial charge in [0.05, 0.1) is 39.0 Å². The van der Waals surface area contributed by atoms with Gasteiger partial charge in [-0.15, -0.1) is 0 Å². The van der Waals surface area contributed by atoms with Gasteiger partial charge in [-0.3, -0.25) is 4.79 Å². The van der Waals surface area contributed by atoms with Gasteiger partial charge >= 0.3 is 6.18 Å². The van der Waals surface area contributed by atoms with Gasteiger partial charge in [-0.05, 0) is 67.8 Å². The van der Waals surface area contributed by atoms with Crippen molar-refractivity contribution in [3.05, 3.63) is 76.8 Å². The molecule has 1 atom stereocenters. The van der Waals surface area contributed by atoms with E-state index in [1.807, 2.05) is 53.1 Å². The Morgan fingerprint density at radius 3 is 2.29 bits per heavy atom. The zero-order valence-electron chi connectivity index (χ0n) is 29.3. The van der Waals surface area contributed by atoms with Crippen LogP contribution in [0.1, 0.15) is 41.1 Å². The highest BCUT2D eigenvalue weighted by Crippen LogP contribution is 2.38. The van der Waals surface area contributed by atoms with Crippen LogP contribution in [0.3, 0.4) is 0 Å². The van der Waals surface area contributed by atoms with Crippen LogP contribution in [0.25, 0.3) is 11.0 Å². The Hall–Kier alpha value is -4.20. The molecular formula is C37H45ClF3N5O5. The van der Waals surface area contributed by atoms with Crippen molar-refractivity contribution >= 4 is 34.5 Å². The zero-order valence-corrected chi connectivity index (χ0v) is 30.1. The number of anilines is 1. The molecule has 0 spiro atoms. The first-order chi connectivity index (χ1) is 24.5. The van der Waals surface area contributed by atoms with E-state index < -0.39 is 12.8 Å². The normalized spacial score (nSPS) is 14.7. The number of hydrogen-bond acceptors (Lipinski definition) is 8. The van der Waals surface area contributed by atoms with Crippen molar-refractivity contribution in [3.63, 3.8) is 0 Å². The molecule has 1 saturated heterocycles. The summed E-state index contributed by atoms with van der Waals surface area (Å²) in [6.07, 6.45) is -1.80. The van der Waals surface area contributed by atoms with Crippen molar-refractivity contribution in [3.8, 4) is 17.2 Å². The van der Waals surface area contributed by atoms with E-state index in [1.54, 1.807) is 24.1 Å². The number of aromatic nitrogens is 2. The number of amides is 1. The predicted molar refractivity (Wildman–Crippen MR) is 192 cm³/mol. The van der Waals surface area contributed by atoms with Crippen LogP contribution >= 0.6 is 11.6 Å². The minimum absolute atomic E-state index is 0.0496. The Morgan fingerprint density at radius 1 is 1.00 bits per heavy atom. The standard InChI is InChI=1S/C37H45ClF3N5O5/c1-44(35(47)27-21-32(48-2)34(50-4)33(22-27)49-3)23-26(25-9-11-28(38)12-10-25)13-16-45-17-14-29(15-18-45)42-36-43-30-7-5-6-8-31(30)46(36)19-20-51-24-37(39,40)41/h5-12,21-22,26,29H,13-20,23-24H2,1-4H3,(H,42,43). The van der Waals surface area contributed by atoms with Crippen molar-refractivity contribution in [2.45, 2.75) is 43.9 Å². The number of benzene rings is 3. The molecule has 1 unspecified atom stereocenters. The largest absolute Gasteiger partial charge is 0.493 e. The van der Waals surface area contributed by atoms with Crippen LogP contribution < -0.4 is 19.5 Å². The second-order valence-electron chi connectivity index (χ2n) is 12.6. The molecule has 4 aromatic rings. The number of halogens is 4. The first kappa shape index (κ1) is 38.0. The lowest BCUT2D eigenvalue weighted by Gasteiger charge is -2.34. The van der Waals surface area contributed by atoms with Crippen LogP contribution in [0.5, 0.6) is 17.2 Å². The molecule has 2 heterocycles. The maximum absolute atomic E-state index is 13.7. The first-order valence-corrected chi connectivity index (χ1v) is 17.3. The molecule has 276 valence electrons. The SMILES string of the molecule is COc1cc(C(=O)N(C)CC(CCN2CCC(Nc3nc4ccccc4n3CCOCC(F)(F)F)CC2)c2ccc(Cl)cc2)cc(OC)c1OC. The van der Waals surface area contributed by atoms with Gasteiger partial charge in [0, 0.05) is 55.8 Å². The summed E-state index contributed by atoms with van der Waals surface area (Å²) in [6, 6.07) is 18.8. The number of fused-ring (bicyclic) bond motifs is 1. The molecule has 51 heavy (non-hydrogen) atoms. The third-order valence-electron chi connectivity index (χ3n) is 9.19. The first-order valence-electron chi connectivity index (χ1n) is 16.9. The Morgan fingerprint density at radius 2 is 1.67 bits per heavy atom. The van der Waals surface area contributed by atoms with Gasteiger partial charge in [0.2, 0.25) is 11.7 Å². The van der Waals surface area contributed by atoms with Crippen molar-refractivity contribution in [1.29, 1.82) is 0 Å². The van der Waals surface area contributed by atoms with Crippen LogP contribution in [0.4, 0.5) is 19.1 Å². The molecule has 1 aliphatic heterocycles. The maximum Gasteiger partial charge on any atom is 0.411 e. The van der Waals surface area contributed by atoms with Crippen LogP contribution in [0.15, 0.2) is 60.7 Å².